The Kier molecular flexibility index (Phi) is 5.22. The summed E-state index contributed by atoms with van der Waals surface area (Å²) in [6.45, 7) is 11.1. The van der Waals surface area contributed by atoms with Crippen LogP contribution < -0.4 is 0 Å². The van der Waals surface area contributed by atoms with Gasteiger partial charge in [0.05, 0.1) is 0 Å². The van der Waals surface area contributed by atoms with E-state index in [1.165, 1.54) is 12.1 Å². The molecule has 1 heterocycles. The van der Waals surface area contributed by atoms with Crippen LogP contribution in [0.3, 0.4) is 0 Å². The molecule has 0 unspecified atom stereocenters. The molecule has 0 saturated heterocycles. The second kappa shape index (κ2) is 5.21. The van der Waals surface area contributed by atoms with E-state index in [4.69, 9.17) is 0 Å². The molecule has 0 spiro atoms. The van der Waals surface area contributed by atoms with Crippen molar-refractivity contribution in [2.45, 2.75) is 47.5 Å². The number of hydrogen-bond donors (Lipinski definition) is 0. The average Bonchev–Trinajstić information content (AvgIpc) is 2.32. The summed E-state index contributed by atoms with van der Waals surface area (Å²) in [5.74, 6) is 0.735. The molecule has 0 aromatic rings. The number of allylic oxidation sites excluding steroid dienone is 2. The van der Waals surface area contributed by atoms with Crippen molar-refractivity contribution >= 4 is 5.71 Å². The van der Waals surface area contributed by atoms with E-state index in [1.807, 2.05) is 6.92 Å². The van der Waals surface area contributed by atoms with E-state index in [-0.39, 0.29) is 24.9 Å². The largest absolute Gasteiger partial charge is 1.00 e. The molecule has 2 heteroatoms. The molecular formula is C12H20NRu. The van der Waals surface area contributed by atoms with E-state index in [9.17, 15) is 0 Å². The maximum atomic E-state index is 4.54. The van der Waals surface area contributed by atoms with E-state index < -0.39 is 0 Å². The van der Waals surface area contributed by atoms with Gasteiger partial charge in [-0.2, -0.15) is 0 Å². The predicted molar refractivity (Wildman–Crippen MR) is 57.7 cm³/mol. The van der Waals surface area contributed by atoms with Gasteiger partial charge in [0.1, 0.15) is 0 Å². The van der Waals surface area contributed by atoms with Crippen molar-refractivity contribution in [3.8, 4) is 0 Å². The molecule has 0 atom stereocenters. The molecule has 0 fully saturated rings. The van der Waals surface area contributed by atoms with E-state index in [1.54, 1.807) is 0 Å². The van der Waals surface area contributed by atoms with E-state index in [2.05, 4.69) is 38.8 Å². The summed E-state index contributed by atoms with van der Waals surface area (Å²) >= 11 is 0. The van der Waals surface area contributed by atoms with Crippen LogP contribution in [-0.4, -0.2) is 5.71 Å². The van der Waals surface area contributed by atoms with Crippen LogP contribution in [0.4, 0.5) is 0 Å². The fourth-order valence-corrected chi connectivity index (χ4v) is 2.02. The van der Waals surface area contributed by atoms with Crippen molar-refractivity contribution in [1.29, 1.82) is 0 Å². The van der Waals surface area contributed by atoms with Crippen molar-refractivity contribution in [2.75, 3.05) is 0 Å². The van der Waals surface area contributed by atoms with Gasteiger partial charge < -0.3 is 11.1 Å². The minimum absolute atomic E-state index is 0. The Morgan fingerprint density at radius 2 is 2.00 bits per heavy atom. The van der Waals surface area contributed by atoms with Gasteiger partial charge in [-0.3, -0.25) is 0 Å². The molecule has 14 heavy (non-hydrogen) atoms. The van der Waals surface area contributed by atoms with Crippen LogP contribution in [-0.2, 0) is 19.5 Å². The van der Waals surface area contributed by atoms with Crippen molar-refractivity contribution in [3.63, 3.8) is 0 Å². The Morgan fingerprint density at radius 1 is 1.43 bits per heavy atom. The first-order valence-corrected chi connectivity index (χ1v) is 5.07. The van der Waals surface area contributed by atoms with Crippen LogP contribution in [0.1, 0.15) is 47.5 Å². The van der Waals surface area contributed by atoms with Gasteiger partial charge in [-0.25, -0.2) is 0 Å². The average molecular weight is 279 g/mol. The van der Waals surface area contributed by atoms with E-state index in [0.29, 0.717) is 0 Å². The summed E-state index contributed by atoms with van der Waals surface area (Å²) in [5.41, 5.74) is 2.62. The van der Waals surface area contributed by atoms with Crippen LogP contribution in [0, 0.1) is 17.4 Å². The molecule has 1 radical (unpaired) electrons. The molecule has 81 valence electrons. The number of aliphatic imine (C=N–C) groups is 1. The molecular weight excluding hydrogens is 259 g/mol. The van der Waals surface area contributed by atoms with Crippen molar-refractivity contribution in [2.24, 2.45) is 16.3 Å². The predicted octanol–water partition coefficient (Wildman–Crippen LogP) is 3.61. The Balaban J connectivity index is 0.00000169. The van der Waals surface area contributed by atoms with Gasteiger partial charge in [0.15, 0.2) is 0 Å². The van der Waals surface area contributed by atoms with Crippen LogP contribution in [0.5, 0.6) is 0 Å². The maximum absolute atomic E-state index is 4.54. The number of nitrogens with zero attached hydrogens (tertiary/aromatic N) is 1. The van der Waals surface area contributed by atoms with Gasteiger partial charge in [-0.15, -0.1) is 12.1 Å². The summed E-state index contributed by atoms with van der Waals surface area (Å²) in [6.07, 6.45) is 5.41. The molecule has 1 nitrogen and oxygen atoms in total. The number of rotatable bonds is 3. The minimum atomic E-state index is 0. The third-order valence-electron chi connectivity index (χ3n) is 2.51. The van der Waals surface area contributed by atoms with Crippen LogP contribution in [0.15, 0.2) is 10.7 Å². The molecule has 0 bridgehead atoms. The Morgan fingerprint density at radius 3 is 2.36 bits per heavy atom. The Hall–Kier alpha value is 0.0334. The maximum Gasteiger partial charge on any atom is 1.00 e. The Labute approximate surface area is 101 Å². The molecule has 1 rings (SSSR count). The topological polar surface area (TPSA) is 12.4 Å². The number of hydrogen-bond acceptors (Lipinski definition) is 1. The molecule has 0 aliphatic carbocycles. The standard InChI is InChI=1S/C12H20N.Ru/c1-9(2)8-12(4,5)11-7-6-10(3)13-11;/h9H,7-8H2,1-5H3;/q-1;+1. The molecule has 1 aliphatic heterocycles. The summed E-state index contributed by atoms with van der Waals surface area (Å²) in [4.78, 5) is 4.54. The molecule has 0 aromatic heterocycles. The Bertz CT molecular complexity index is 249. The normalized spacial score (nSPS) is 16.4. The van der Waals surface area contributed by atoms with Gasteiger partial charge >= 0.3 is 19.5 Å². The first kappa shape index (κ1) is 14.0. The fourth-order valence-electron chi connectivity index (χ4n) is 2.02. The van der Waals surface area contributed by atoms with Gasteiger partial charge in [0, 0.05) is 5.41 Å². The van der Waals surface area contributed by atoms with Gasteiger partial charge in [-0.05, 0) is 18.1 Å². The summed E-state index contributed by atoms with van der Waals surface area (Å²) in [7, 11) is 0. The van der Waals surface area contributed by atoms with Crippen LogP contribution in [0.2, 0.25) is 0 Å². The van der Waals surface area contributed by atoms with Gasteiger partial charge in [0.2, 0.25) is 0 Å². The second-order valence-corrected chi connectivity index (χ2v) is 4.98. The van der Waals surface area contributed by atoms with Gasteiger partial charge in [-0.1, -0.05) is 34.6 Å². The van der Waals surface area contributed by atoms with Crippen LogP contribution >= 0.6 is 0 Å². The zero-order valence-electron chi connectivity index (χ0n) is 9.79. The third-order valence-corrected chi connectivity index (χ3v) is 2.51. The molecule has 1 aliphatic rings. The summed E-state index contributed by atoms with van der Waals surface area (Å²) < 4.78 is 0. The summed E-state index contributed by atoms with van der Waals surface area (Å²) in [6, 6.07) is 0. The SMILES string of the molecule is CC1=[C-]CC(C(C)(C)CC(C)C)=N1.[Ru+]. The monoisotopic (exact) mass is 280 g/mol. The molecule has 0 N–H and O–H groups in total. The van der Waals surface area contributed by atoms with Crippen molar-refractivity contribution in [1.82, 2.24) is 0 Å². The zero-order valence-corrected chi connectivity index (χ0v) is 11.5. The van der Waals surface area contributed by atoms with Gasteiger partial charge in [0.25, 0.3) is 0 Å². The molecule has 0 saturated carbocycles. The smallest absolute Gasteiger partial charge is 0.468 e. The van der Waals surface area contributed by atoms with Crippen molar-refractivity contribution < 1.29 is 19.5 Å². The van der Waals surface area contributed by atoms with E-state index in [0.717, 1.165) is 18.0 Å². The third kappa shape index (κ3) is 3.65. The van der Waals surface area contributed by atoms with E-state index >= 15 is 0 Å². The zero-order chi connectivity index (χ0) is 10.1. The molecule has 0 aromatic carbocycles. The summed E-state index contributed by atoms with van der Waals surface area (Å²) in [5, 5.41) is 0. The molecule has 0 amide bonds. The fraction of sp³-hybridized carbons (Fsp3) is 0.750. The second-order valence-electron chi connectivity index (χ2n) is 4.98. The first-order valence-electron chi connectivity index (χ1n) is 5.07. The van der Waals surface area contributed by atoms with Crippen LogP contribution in [0.25, 0.3) is 0 Å². The first-order chi connectivity index (χ1) is 5.92. The quantitative estimate of drug-likeness (QED) is 0.553. The van der Waals surface area contributed by atoms with Crippen molar-refractivity contribution in [3.05, 3.63) is 11.8 Å². The minimum Gasteiger partial charge on any atom is -0.468 e.